The zero-order chi connectivity index (χ0) is 20.5. The molecular formula is C25H22N4O. The number of fused-ring (bicyclic) bond motifs is 2. The quantitative estimate of drug-likeness (QED) is 0.523. The molecule has 0 saturated heterocycles. The van der Waals surface area contributed by atoms with E-state index in [0.717, 1.165) is 34.7 Å². The first-order valence-corrected chi connectivity index (χ1v) is 10.0. The number of carbonyl (C=O) groups is 1. The van der Waals surface area contributed by atoms with E-state index in [1.807, 2.05) is 72.5 Å². The molecule has 5 heteroatoms. The van der Waals surface area contributed by atoms with Gasteiger partial charge in [0.25, 0.3) is 5.91 Å². The molecule has 1 amide bonds. The third-order valence-corrected chi connectivity index (χ3v) is 5.53. The van der Waals surface area contributed by atoms with Gasteiger partial charge in [0.2, 0.25) is 0 Å². The number of hydrogen-bond donors (Lipinski definition) is 1. The van der Waals surface area contributed by atoms with E-state index in [1.165, 1.54) is 0 Å². The second-order valence-corrected chi connectivity index (χ2v) is 7.52. The highest BCUT2D eigenvalue weighted by atomic mass is 16.2. The third kappa shape index (κ3) is 3.35. The van der Waals surface area contributed by atoms with Crippen LogP contribution in [0.2, 0.25) is 0 Å². The van der Waals surface area contributed by atoms with E-state index in [1.54, 1.807) is 6.20 Å². The number of para-hydroxylation sites is 2. The summed E-state index contributed by atoms with van der Waals surface area (Å²) in [6, 6.07) is 23.9. The van der Waals surface area contributed by atoms with Crippen molar-refractivity contribution in [3.8, 4) is 0 Å². The first-order chi connectivity index (χ1) is 14.7. The molecule has 0 saturated carbocycles. The maximum absolute atomic E-state index is 13.4. The molecular weight excluding hydrogens is 372 g/mol. The first-order valence-electron chi connectivity index (χ1n) is 10.0. The molecule has 4 aromatic rings. The number of benzene rings is 2. The molecule has 0 spiro atoms. The van der Waals surface area contributed by atoms with E-state index in [2.05, 4.69) is 33.2 Å². The maximum Gasteiger partial charge on any atom is 0.260 e. The lowest BCUT2D eigenvalue weighted by molar-refractivity contribution is 0.0984. The van der Waals surface area contributed by atoms with Gasteiger partial charge in [0.1, 0.15) is 5.82 Å². The van der Waals surface area contributed by atoms with Gasteiger partial charge in [-0.25, -0.2) is 4.98 Å². The molecule has 5 nitrogen and oxygen atoms in total. The Labute approximate surface area is 175 Å². The smallest absolute Gasteiger partial charge is 0.260 e. The van der Waals surface area contributed by atoms with Gasteiger partial charge < -0.3 is 14.8 Å². The molecule has 2 aromatic carbocycles. The first kappa shape index (κ1) is 18.2. The van der Waals surface area contributed by atoms with Gasteiger partial charge in [-0.2, -0.15) is 0 Å². The van der Waals surface area contributed by atoms with Crippen molar-refractivity contribution in [3.63, 3.8) is 0 Å². The zero-order valence-electron chi connectivity index (χ0n) is 16.7. The molecule has 0 aliphatic carbocycles. The summed E-state index contributed by atoms with van der Waals surface area (Å²) in [6.45, 7) is 3.35. The summed E-state index contributed by atoms with van der Waals surface area (Å²) < 4.78 is 2.19. The van der Waals surface area contributed by atoms with Crippen molar-refractivity contribution in [2.24, 2.45) is 0 Å². The number of anilines is 3. The van der Waals surface area contributed by atoms with Crippen LogP contribution in [0.25, 0.3) is 0 Å². The van der Waals surface area contributed by atoms with Crippen LogP contribution in [0.1, 0.15) is 27.2 Å². The lowest BCUT2D eigenvalue weighted by Gasteiger charge is -2.22. The Balaban J connectivity index is 1.43. The average Bonchev–Trinajstić information content (AvgIpc) is 3.14. The predicted octanol–water partition coefficient (Wildman–Crippen LogP) is 5.14. The molecule has 2 aromatic heterocycles. The van der Waals surface area contributed by atoms with Crippen LogP contribution < -0.4 is 10.2 Å². The number of nitrogens with one attached hydrogen (secondary N) is 1. The molecule has 148 valence electrons. The molecule has 0 radical (unpaired) electrons. The Bertz CT molecular complexity index is 1210. The Morgan fingerprint density at radius 3 is 2.60 bits per heavy atom. The van der Waals surface area contributed by atoms with Gasteiger partial charge in [0.05, 0.1) is 12.1 Å². The zero-order valence-corrected chi connectivity index (χ0v) is 16.7. The van der Waals surface area contributed by atoms with Crippen molar-refractivity contribution in [1.82, 2.24) is 9.55 Å². The van der Waals surface area contributed by atoms with Crippen LogP contribution in [-0.4, -0.2) is 15.5 Å². The fourth-order valence-electron chi connectivity index (χ4n) is 3.87. The minimum atomic E-state index is -0.0490. The molecule has 1 N–H and O–H groups in total. The largest absolute Gasteiger partial charge is 0.345 e. The van der Waals surface area contributed by atoms with Crippen LogP contribution in [0.3, 0.4) is 0 Å². The second-order valence-electron chi connectivity index (χ2n) is 7.52. The second kappa shape index (κ2) is 7.52. The van der Waals surface area contributed by atoms with Gasteiger partial charge in [-0.05, 0) is 54.4 Å². The number of aromatic nitrogens is 2. The lowest BCUT2D eigenvalue weighted by Crippen LogP contribution is -2.30. The molecule has 0 unspecified atom stereocenters. The fraction of sp³-hybridized carbons (Fsp3) is 0.120. The molecule has 5 rings (SSSR count). The number of hydrogen-bond acceptors (Lipinski definition) is 3. The molecule has 1 aliphatic rings. The summed E-state index contributed by atoms with van der Waals surface area (Å²) in [4.78, 5) is 19.8. The number of aryl methyl sites for hydroxylation is 1. The van der Waals surface area contributed by atoms with Crippen LogP contribution >= 0.6 is 0 Å². The molecule has 0 bridgehead atoms. The van der Waals surface area contributed by atoms with Gasteiger partial charge >= 0.3 is 0 Å². The summed E-state index contributed by atoms with van der Waals surface area (Å²) in [5.74, 6) is 0.665. The third-order valence-electron chi connectivity index (χ3n) is 5.53. The summed E-state index contributed by atoms with van der Waals surface area (Å²) in [5, 5.41) is 3.31. The van der Waals surface area contributed by atoms with Crippen molar-refractivity contribution in [3.05, 3.63) is 108 Å². The van der Waals surface area contributed by atoms with Crippen molar-refractivity contribution in [1.29, 1.82) is 0 Å². The van der Waals surface area contributed by atoms with E-state index in [0.29, 0.717) is 17.9 Å². The standard InChI is InChI=1S/C25H22N4O/c1-18-7-2-4-10-22(18)27-24-13-12-19(15-26-24)25(30)29-17-21-9-6-14-28(21)16-20-8-3-5-11-23(20)29/h2-15H,16-17H2,1H3,(H,26,27). The highest BCUT2D eigenvalue weighted by Gasteiger charge is 2.24. The molecule has 3 heterocycles. The number of amides is 1. The van der Waals surface area contributed by atoms with Gasteiger partial charge in [-0.1, -0.05) is 36.4 Å². The van der Waals surface area contributed by atoms with E-state index in [-0.39, 0.29) is 5.91 Å². The minimum Gasteiger partial charge on any atom is -0.345 e. The monoisotopic (exact) mass is 394 g/mol. The summed E-state index contributed by atoms with van der Waals surface area (Å²) in [5.41, 5.74) is 5.92. The number of rotatable bonds is 3. The fourth-order valence-corrected chi connectivity index (χ4v) is 3.87. The predicted molar refractivity (Wildman–Crippen MR) is 119 cm³/mol. The lowest BCUT2D eigenvalue weighted by atomic mass is 10.1. The van der Waals surface area contributed by atoms with Crippen molar-refractivity contribution in [2.45, 2.75) is 20.0 Å². The van der Waals surface area contributed by atoms with Crippen LogP contribution in [0.5, 0.6) is 0 Å². The van der Waals surface area contributed by atoms with Crippen molar-refractivity contribution in [2.75, 3.05) is 10.2 Å². The van der Waals surface area contributed by atoms with Crippen molar-refractivity contribution >= 4 is 23.1 Å². The molecule has 0 fully saturated rings. The van der Waals surface area contributed by atoms with Crippen LogP contribution in [0.4, 0.5) is 17.2 Å². The highest BCUT2D eigenvalue weighted by Crippen LogP contribution is 2.29. The van der Waals surface area contributed by atoms with Crippen LogP contribution in [0.15, 0.2) is 85.2 Å². The van der Waals surface area contributed by atoms with E-state index in [4.69, 9.17) is 0 Å². The van der Waals surface area contributed by atoms with Crippen molar-refractivity contribution < 1.29 is 4.79 Å². The van der Waals surface area contributed by atoms with E-state index in [9.17, 15) is 4.79 Å². The molecule has 0 atom stereocenters. The normalized spacial score (nSPS) is 12.6. The maximum atomic E-state index is 13.4. The summed E-state index contributed by atoms with van der Waals surface area (Å²) >= 11 is 0. The topological polar surface area (TPSA) is 50.2 Å². The summed E-state index contributed by atoms with van der Waals surface area (Å²) in [6.07, 6.45) is 3.71. The van der Waals surface area contributed by atoms with Gasteiger partial charge in [0.15, 0.2) is 0 Å². The molecule has 1 aliphatic heterocycles. The Kier molecular flexibility index (Phi) is 4.56. The Morgan fingerprint density at radius 1 is 0.933 bits per heavy atom. The highest BCUT2D eigenvalue weighted by molar-refractivity contribution is 6.06. The van der Waals surface area contributed by atoms with Gasteiger partial charge in [0, 0.05) is 36.0 Å². The Morgan fingerprint density at radius 2 is 1.77 bits per heavy atom. The number of carbonyl (C=O) groups excluding carboxylic acids is 1. The van der Waals surface area contributed by atoms with Gasteiger partial charge in [-0.3, -0.25) is 4.79 Å². The number of pyridine rings is 1. The van der Waals surface area contributed by atoms with E-state index >= 15 is 0 Å². The van der Waals surface area contributed by atoms with Gasteiger partial charge in [-0.15, -0.1) is 0 Å². The summed E-state index contributed by atoms with van der Waals surface area (Å²) in [7, 11) is 0. The minimum absolute atomic E-state index is 0.0490. The van der Waals surface area contributed by atoms with E-state index < -0.39 is 0 Å². The van der Waals surface area contributed by atoms with Crippen LogP contribution in [-0.2, 0) is 13.1 Å². The molecule has 30 heavy (non-hydrogen) atoms. The Hall–Kier alpha value is -3.86. The number of nitrogens with zero attached hydrogens (tertiary/aromatic N) is 3. The van der Waals surface area contributed by atoms with Crippen LogP contribution in [0, 0.1) is 6.92 Å². The SMILES string of the molecule is Cc1ccccc1Nc1ccc(C(=O)N2Cc3cccn3Cc3ccccc32)cn1. The average molecular weight is 394 g/mol.